The monoisotopic (exact) mass is 258 g/mol. The van der Waals surface area contributed by atoms with E-state index in [1.54, 1.807) is 0 Å². The Morgan fingerprint density at radius 2 is 2.14 bits per heavy atom. The van der Waals surface area contributed by atoms with Crippen molar-refractivity contribution in [3.05, 3.63) is 25.2 Å². The lowest BCUT2D eigenvalue weighted by atomic mass is 10.2. The van der Waals surface area contributed by atoms with Crippen molar-refractivity contribution in [2.24, 2.45) is 0 Å². The lowest BCUT2D eigenvalue weighted by Crippen LogP contribution is -2.30. The highest BCUT2D eigenvalue weighted by molar-refractivity contribution is 9.09. The summed E-state index contributed by atoms with van der Waals surface area (Å²) in [7, 11) is 0. The lowest BCUT2D eigenvalue weighted by molar-refractivity contribution is 0.281. The van der Waals surface area contributed by atoms with Crippen LogP contribution in [-0.4, -0.2) is 21.4 Å². The van der Waals surface area contributed by atoms with E-state index >= 15 is 0 Å². The average molecular weight is 259 g/mol. The number of halogens is 1. The first-order valence-corrected chi connectivity index (χ1v) is 6.19. The topological polar surface area (TPSA) is 6.48 Å². The summed E-state index contributed by atoms with van der Waals surface area (Å²) in [5.41, 5.74) is 0. The Labute approximate surface area is 95.4 Å². The van der Waals surface area contributed by atoms with Crippen LogP contribution in [0.2, 0.25) is 0 Å². The van der Waals surface area contributed by atoms with Gasteiger partial charge >= 0.3 is 0 Å². The molecule has 80 valence electrons. The maximum absolute atomic E-state index is 3.76. The van der Waals surface area contributed by atoms with Crippen LogP contribution >= 0.6 is 15.9 Å². The molecule has 0 amide bonds. The molecule has 0 aromatic carbocycles. The zero-order valence-electron chi connectivity index (χ0n) is 8.82. The van der Waals surface area contributed by atoms with Gasteiger partial charge < -0.3 is 9.80 Å². The Hall–Kier alpha value is -0.440. The fourth-order valence-electron chi connectivity index (χ4n) is 1.53. The molecule has 2 nitrogen and oxygen atoms in total. The van der Waals surface area contributed by atoms with E-state index < -0.39 is 0 Å². The second-order valence-corrected chi connectivity index (χ2v) is 4.36. The van der Waals surface area contributed by atoms with E-state index in [0.29, 0.717) is 0 Å². The zero-order valence-corrected chi connectivity index (χ0v) is 10.4. The van der Waals surface area contributed by atoms with E-state index in [4.69, 9.17) is 0 Å². The molecule has 0 N–H and O–H groups in total. The van der Waals surface area contributed by atoms with Crippen LogP contribution in [0.25, 0.3) is 0 Å². The molecule has 1 atom stereocenters. The summed E-state index contributed by atoms with van der Waals surface area (Å²) in [6, 6.07) is 0. The molecule has 0 aromatic rings. The summed E-state index contributed by atoms with van der Waals surface area (Å²) in [6.07, 6.45) is 11.2. The van der Waals surface area contributed by atoms with Gasteiger partial charge in [0.25, 0.3) is 0 Å². The highest BCUT2D eigenvalue weighted by Gasteiger charge is 2.20. The van der Waals surface area contributed by atoms with Crippen molar-refractivity contribution in [3.63, 3.8) is 0 Å². The van der Waals surface area contributed by atoms with Gasteiger partial charge in [-0.2, -0.15) is 0 Å². The van der Waals surface area contributed by atoms with E-state index in [1.807, 2.05) is 12.4 Å². The Bertz CT molecular complexity index is 203. The summed E-state index contributed by atoms with van der Waals surface area (Å²) < 4.78 is 0. The lowest BCUT2D eigenvalue weighted by Gasteiger charge is -2.25. The second-order valence-electron chi connectivity index (χ2n) is 3.54. The van der Waals surface area contributed by atoms with E-state index in [1.165, 1.54) is 25.7 Å². The molecule has 1 unspecified atom stereocenters. The van der Waals surface area contributed by atoms with Crippen molar-refractivity contribution in [1.82, 2.24) is 9.80 Å². The van der Waals surface area contributed by atoms with Crippen molar-refractivity contribution in [2.75, 3.05) is 6.54 Å². The maximum atomic E-state index is 3.76. The number of alkyl halides is 1. The van der Waals surface area contributed by atoms with Gasteiger partial charge in [-0.3, -0.25) is 0 Å². The molecular weight excluding hydrogens is 240 g/mol. The maximum Gasteiger partial charge on any atom is 0.162 e. The van der Waals surface area contributed by atoms with E-state index in [9.17, 15) is 0 Å². The summed E-state index contributed by atoms with van der Waals surface area (Å²) in [4.78, 5) is 4.34. The predicted molar refractivity (Wildman–Crippen MR) is 64.7 cm³/mol. The molecule has 3 heteroatoms. The Balaban J connectivity index is 2.20. The minimum absolute atomic E-state index is 0.265. The van der Waals surface area contributed by atoms with Crippen LogP contribution in [0.15, 0.2) is 25.2 Å². The molecule has 1 aliphatic heterocycles. The summed E-state index contributed by atoms with van der Waals surface area (Å²) in [5, 5.41) is 0.265. The van der Waals surface area contributed by atoms with Crippen LogP contribution < -0.4 is 0 Å². The van der Waals surface area contributed by atoms with Crippen molar-refractivity contribution in [2.45, 2.75) is 37.7 Å². The number of unbranched alkanes of at least 4 members (excludes halogenated alkanes) is 3. The Morgan fingerprint density at radius 1 is 1.36 bits per heavy atom. The van der Waals surface area contributed by atoms with Gasteiger partial charge in [-0.1, -0.05) is 32.8 Å². The molecule has 1 rings (SSSR count). The zero-order chi connectivity index (χ0) is 10.4. The highest BCUT2D eigenvalue weighted by atomic mass is 79.9. The van der Waals surface area contributed by atoms with Crippen LogP contribution in [0.1, 0.15) is 32.6 Å². The van der Waals surface area contributed by atoms with Crippen LogP contribution in [0.5, 0.6) is 0 Å². The van der Waals surface area contributed by atoms with Gasteiger partial charge in [0.1, 0.15) is 0 Å². The van der Waals surface area contributed by atoms with Gasteiger partial charge in [0.2, 0.25) is 0 Å². The molecule has 0 saturated heterocycles. The Morgan fingerprint density at radius 3 is 2.71 bits per heavy atom. The van der Waals surface area contributed by atoms with Gasteiger partial charge in [0.15, 0.2) is 5.08 Å². The molecule has 0 aromatic heterocycles. The number of rotatable bonds is 6. The van der Waals surface area contributed by atoms with Crippen molar-refractivity contribution in [3.8, 4) is 0 Å². The van der Waals surface area contributed by atoms with Crippen molar-refractivity contribution in [1.29, 1.82) is 0 Å². The van der Waals surface area contributed by atoms with E-state index in [0.717, 1.165) is 6.54 Å². The van der Waals surface area contributed by atoms with Crippen molar-refractivity contribution >= 4 is 15.9 Å². The Kier molecular flexibility index (Phi) is 5.09. The second kappa shape index (κ2) is 6.12. The third-order valence-corrected chi connectivity index (χ3v) is 3.43. The van der Waals surface area contributed by atoms with Gasteiger partial charge in [-0.05, 0) is 28.6 Å². The largest absolute Gasteiger partial charge is 0.347 e. The average Bonchev–Trinajstić information content (AvgIpc) is 2.55. The summed E-state index contributed by atoms with van der Waals surface area (Å²) >= 11 is 3.62. The molecule has 1 heterocycles. The number of hydrogen-bond donors (Lipinski definition) is 0. The summed E-state index contributed by atoms with van der Waals surface area (Å²) in [5.74, 6) is 0. The minimum Gasteiger partial charge on any atom is -0.347 e. The molecule has 0 fully saturated rings. The van der Waals surface area contributed by atoms with Crippen LogP contribution in [0.4, 0.5) is 0 Å². The predicted octanol–water partition coefficient (Wildman–Crippen LogP) is 3.48. The number of hydrogen-bond acceptors (Lipinski definition) is 2. The normalized spacial score (nSPS) is 20.6. The molecule has 0 aliphatic carbocycles. The van der Waals surface area contributed by atoms with Crippen LogP contribution in [0.3, 0.4) is 0 Å². The third-order valence-electron chi connectivity index (χ3n) is 2.43. The molecule has 14 heavy (non-hydrogen) atoms. The fourth-order valence-corrected chi connectivity index (χ4v) is 2.17. The van der Waals surface area contributed by atoms with Gasteiger partial charge in [-0.25, -0.2) is 0 Å². The first-order valence-electron chi connectivity index (χ1n) is 5.27. The molecule has 0 bridgehead atoms. The van der Waals surface area contributed by atoms with E-state index in [2.05, 4.69) is 45.4 Å². The quantitative estimate of drug-likeness (QED) is 0.409. The molecule has 0 radical (unpaired) electrons. The van der Waals surface area contributed by atoms with Crippen LogP contribution in [-0.2, 0) is 0 Å². The van der Waals surface area contributed by atoms with E-state index in [-0.39, 0.29) is 5.08 Å². The standard InChI is InChI=1S/C11H19BrN2/c1-3-5-6-7-8-14-10-9-13(4-2)11(14)12/h4,9-11H,2-3,5-8H2,1H3. The first-order chi connectivity index (χ1) is 6.79. The van der Waals surface area contributed by atoms with Gasteiger partial charge in [-0.15, -0.1) is 0 Å². The smallest absolute Gasteiger partial charge is 0.162 e. The van der Waals surface area contributed by atoms with Gasteiger partial charge in [0, 0.05) is 18.9 Å². The minimum atomic E-state index is 0.265. The summed E-state index contributed by atoms with van der Waals surface area (Å²) in [6.45, 7) is 7.12. The number of nitrogens with zero attached hydrogens (tertiary/aromatic N) is 2. The molecular formula is C11H19BrN2. The van der Waals surface area contributed by atoms with Crippen LogP contribution in [0, 0.1) is 0 Å². The molecule has 0 saturated carbocycles. The fraction of sp³-hybridized carbons (Fsp3) is 0.636. The highest BCUT2D eigenvalue weighted by Crippen LogP contribution is 2.21. The van der Waals surface area contributed by atoms with Gasteiger partial charge in [0.05, 0.1) is 0 Å². The third kappa shape index (κ3) is 3.05. The SMILES string of the molecule is C=CN1C=CN(CCCCCC)C1Br. The van der Waals surface area contributed by atoms with Crippen molar-refractivity contribution < 1.29 is 0 Å². The first kappa shape index (κ1) is 11.6. The molecule has 1 aliphatic rings. The molecule has 0 spiro atoms.